The van der Waals surface area contributed by atoms with E-state index in [-0.39, 0.29) is 11.4 Å². The van der Waals surface area contributed by atoms with Gasteiger partial charge in [-0.3, -0.25) is 9.59 Å². The highest BCUT2D eigenvalue weighted by atomic mass is 35.5. The van der Waals surface area contributed by atoms with Crippen molar-refractivity contribution in [3.05, 3.63) is 69.8 Å². The van der Waals surface area contributed by atoms with Crippen molar-refractivity contribution in [1.82, 2.24) is 0 Å². The first-order valence-electron chi connectivity index (χ1n) is 7.15. The van der Waals surface area contributed by atoms with E-state index in [4.69, 9.17) is 23.2 Å². The third-order valence-corrected chi connectivity index (χ3v) is 3.78. The van der Waals surface area contributed by atoms with Crippen LogP contribution in [0.1, 0.15) is 17.3 Å². The molecule has 0 spiro atoms. The second kappa shape index (κ2) is 8.34. The van der Waals surface area contributed by atoms with Gasteiger partial charge in [0.05, 0.1) is 10.7 Å². The zero-order valence-electron chi connectivity index (χ0n) is 13.1. The number of nitrogens with zero attached hydrogens (tertiary/aromatic N) is 1. The van der Waals surface area contributed by atoms with Crippen molar-refractivity contribution in [2.24, 2.45) is 0 Å². The Kier molecular flexibility index (Phi) is 6.18. The van der Waals surface area contributed by atoms with E-state index < -0.39 is 5.91 Å². The highest BCUT2D eigenvalue weighted by Gasteiger charge is 2.11. The molecule has 126 valence electrons. The molecule has 0 radical (unpaired) electrons. The molecule has 0 saturated heterocycles. The van der Waals surface area contributed by atoms with Crippen molar-refractivity contribution in [2.75, 3.05) is 10.6 Å². The number of nitrogens with one attached hydrogen (secondary N) is 2. The molecule has 0 aliphatic heterocycles. The van der Waals surface area contributed by atoms with E-state index in [1.54, 1.807) is 36.4 Å². The highest BCUT2D eigenvalue weighted by Crippen LogP contribution is 2.25. The number of Topliss-reactive ketones (excluding diaryl/α,β-unsaturated/α-hetero) is 1. The third kappa shape index (κ3) is 5.08. The van der Waals surface area contributed by atoms with Crippen LogP contribution >= 0.6 is 23.2 Å². The van der Waals surface area contributed by atoms with Crippen LogP contribution in [0.2, 0.25) is 10.0 Å². The summed E-state index contributed by atoms with van der Waals surface area (Å²) in [4.78, 5) is 23.4. The Hall–Kier alpha value is -2.81. The number of carbonyl (C=O) groups excluding carboxylic acids is 2. The lowest BCUT2D eigenvalue weighted by Crippen LogP contribution is -2.14. The van der Waals surface area contributed by atoms with E-state index in [0.29, 0.717) is 27.0 Å². The first-order valence-corrected chi connectivity index (χ1v) is 7.90. The zero-order chi connectivity index (χ0) is 18.4. The summed E-state index contributed by atoms with van der Waals surface area (Å²) in [6, 6.07) is 13.1. The SMILES string of the molecule is CC(=O)c1ccc(N/C=C(/C#N)C(=O)Nc2cc(Cl)ccc2Cl)cc1. The minimum atomic E-state index is -0.625. The number of nitriles is 1. The topological polar surface area (TPSA) is 82.0 Å². The van der Waals surface area contributed by atoms with Crippen LogP contribution in [0.4, 0.5) is 11.4 Å². The summed E-state index contributed by atoms with van der Waals surface area (Å²) in [6.45, 7) is 1.47. The van der Waals surface area contributed by atoms with Crippen molar-refractivity contribution < 1.29 is 9.59 Å². The number of rotatable bonds is 5. The molecule has 0 atom stereocenters. The Labute approximate surface area is 154 Å². The van der Waals surface area contributed by atoms with Crippen LogP contribution in [-0.2, 0) is 4.79 Å². The van der Waals surface area contributed by atoms with Gasteiger partial charge in [-0.05, 0) is 49.4 Å². The maximum Gasteiger partial charge on any atom is 0.267 e. The molecule has 2 N–H and O–H groups in total. The van der Waals surface area contributed by atoms with Gasteiger partial charge < -0.3 is 10.6 Å². The molecular weight excluding hydrogens is 361 g/mol. The smallest absolute Gasteiger partial charge is 0.267 e. The lowest BCUT2D eigenvalue weighted by atomic mass is 10.1. The van der Waals surface area contributed by atoms with Crippen LogP contribution in [0.5, 0.6) is 0 Å². The van der Waals surface area contributed by atoms with Crippen molar-refractivity contribution >= 4 is 46.3 Å². The largest absolute Gasteiger partial charge is 0.360 e. The molecule has 0 heterocycles. The van der Waals surface area contributed by atoms with Gasteiger partial charge in [0.15, 0.2) is 5.78 Å². The fraction of sp³-hybridized carbons (Fsp3) is 0.0556. The van der Waals surface area contributed by atoms with Crippen LogP contribution in [0, 0.1) is 11.3 Å². The molecule has 2 rings (SSSR count). The summed E-state index contributed by atoms with van der Waals surface area (Å²) >= 11 is 11.8. The van der Waals surface area contributed by atoms with Crippen LogP contribution < -0.4 is 10.6 Å². The molecule has 1 amide bonds. The van der Waals surface area contributed by atoms with Gasteiger partial charge in [0, 0.05) is 22.5 Å². The number of carbonyl (C=O) groups is 2. The molecule has 25 heavy (non-hydrogen) atoms. The molecular formula is C18H13Cl2N3O2. The average molecular weight is 374 g/mol. The first-order chi connectivity index (χ1) is 11.9. The maximum absolute atomic E-state index is 12.2. The van der Waals surface area contributed by atoms with Crippen molar-refractivity contribution in [1.29, 1.82) is 5.26 Å². The molecule has 0 aliphatic carbocycles. The van der Waals surface area contributed by atoms with E-state index in [2.05, 4.69) is 10.6 Å². The lowest BCUT2D eigenvalue weighted by molar-refractivity contribution is -0.112. The quantitative estimate of drug-likeness (QED) is 0.453. The van der Waals surface area contributed by atoms with Crippen LogP contribution in [0.3, 0.4) is 0 Å². The summed E-state index contributed by atoms with van der Waals surface area (Å²) in [5, 5.41) is 15.3. The summed E-state index contributed by atoms with van der Waals surface area (Å²) in [5.41, 5.74) is 1.37. The molecule has 7 heteroatoms. The van der Waals surface area contributed by atoms with Crippen LogP contribution in [0.15, 0.2) is 54.2 Å². The molecule has 0 fully saturated rings. The first kappa shape index (κ1) is 18.5. The number of ketones is 1. The van der Waals surface area contributed by atoms with Gasteiger partial charge in [-0.15, -0.1) is 0 Å². The van der Waals surface area contributed by atoms with Crippen LogP contribution in [0.25, 0.3) is 0 Å². The summed E-state index contributed by atoms with van der Waals surface area (Å²) in [6.07, 6.45) is 1.27. The second-order valence-corrected chi connectivity index (χ2v) is 5.87. The number of amides is 1. The summed E-state index contributed by atoms with van der Waals surface area (Å²) in [5.74, 6) is -0.669. The standard InChI is InChI=1S/C18H13Cl2N3O2/c1-11(24)12-2-5-15(6-3-12)22-10-13(9-21)18(25)23-17-8-14(19)4-7-16(17)20/h2-8,10,22H,1H3,(H,23,25)/b13-10-. The molecule has 0 saturated carbocycles. The number of anilines is 2. The van der Waals surface area contributed by atoms with Gasteiger partial charge in [0.2, 0.25) is 0 Å². The predicted octanol–water partition coefficient (Wildman–Crippen LogP) is 4.65. The van der Waals surface area contributed by atoms with Gasteiger partial charge in [0.25, 0.3) is 5.91 Å². The molecule has 0 aromatic heterocycles. The van der Waals surface area contributed by atoms with E-state index in [0.717, 1.165) is 0 Å². The Bertz CT molecular complexity index is 884. The number of hydrogen-bond donors (Lipinski definition) is 2. The predicted molar refractivity (Wildman–Crippen MR) is 98.9 cm³/mol. The lowest BCUT2D eigenvalue weighted by Gasteiger charge is -2.07. The molecule has 2 aromatic rings. The van der Waals surface area contributed by atoms with Crippen molar-refractivity contribution in [2.45, 2.75) is 6.92 Å². The van der Waals surface area contributed by atoms with Gasteiger partial charge in [0.1, 0.15) is 11.6 Å². The minimum Gasteiger partial charge on any atom is -0.360 e. The number of hydrogen-bond acceptors (Lipinski definition) is 4. The third-order valence-electron chi connectivity index (χ3n) is 3.22. The summed E-state index contributed by atoms with van der Waals surface area (Å²) < 4.78 is 0. The highest BCUT2D eigenvalue weighted by molar-refractivity contribution is 6.36. The molecule has 0 bridgehead atoms. The molecule has 0 unspecified atom stereocenters. The zero-order valence-corrected chi connectivity index (χ0v) is 14.7. The maximum atomic E-state index is 12.2. The molecule has 0 aliphatic rings. The Morgan fingerprint density at radius 3 is 2.40 bits per heavy atom. The van der Waals surface area contributed by atoms with Crippen LogP contribution in [-0.4, -0.2) is 11.7 Å². The average Bonchev–Trinajstić information content (AvgIpc) is 2.59. The van der Waals surface area contributed by atoms with Crippen molar-refractivity contribution in [3.63, 3.8) is 0 Å². The Morgan fingerprint density at radius 2 is 1.80 bits per heavy atom. The van der Waals surface area contributed by atoms with E-state index >= 15 is 0 Å². The Balaban J connectivity index is 2.11. The monoisotopic (exact) mass is 373 g/mol. The molecule has 2 aromatic carbocycles. The van der Waals surface area contributed by atoms with Gasteiger partial charge in [-0.1, -0.05) is 23.2 Å². The minimum absolute atomic E-state index is 0.0439. The van der Waals surface area contributed by atoms with E-state index in [1.807, 2.05) is 6.07 Å². The fourth-order valence-corrected chi connectivity index (χ4v) is 2.23. The van der Waals surface area contributed by atoms with E-state index in [1.165, 1.54) is 19.2 Å². The number of benzene rings is 2. The fourth-order valence-electron chi connectivity index (χ4n) is 1.89. The summed E-state index contributed by atoms with van der Waals surface area (Å²) in [7, 11) is 0. The normalized spacial score (nSPS) is 10.7. The molecule has 5 nitrogen and oxygen atoms in total. The van der Waals surface area contributed by atoms with E-state index in [9.17, 15) is 14.9 Å². The van der Waals surface area contributed by atoms with Gasteiger partial charge in [-0.2, -0.15) is 5.26 Å². The van der Waals surface area contributed by atoms with Gasteiger partial charge >= 0.3 is 0 Å². The van der Waals surface area contributed by atoms with Gasteiger partial charge in [-0.25, -0.2) is 0 Å². The number of halogens is 2. The van der Waals surface area contributed by atoms with Crippen molar-refractivity contribution in [3.8, 4) is 6.07 Å². The second-order valence-electron chi connectivity index (χ2n) is 5.03. The Morgan fingerprint density at radius 1 is 1.12 bits per heavy atom.